The highest BCUT2D eigenvalue weighted by molar-refractivity contribution is 6.03. The molecular formula is C20H21NO2. The predicted octanol–water partition coefficient (Wildman–Crippen LogP) is 3.16. The number of likely N-dealkylation sites (tertiary alicyclic amines) is 1. The normalized spacial score (nSPS) is 17.8. The summed E-state index contributed by atoms with van der Waals surface area (Å²) in [5.74, 6) is -0.268. The minimum Gasteiger partial charge on any atom is -0.282 e. The van der Waals surface area contributed by atoms with Gasteiger partial charge in [-0.3, -0.25) is 14.5 Å². The van der Waals surface area contributed by atoms with Gasteiger partial charge in [0.25, 0.3) is 0 Å². The van der Waals surface area contributed by atoms with Gasteiger partial charge in [-0.15, -0.1) is 0 Å². The molecule has 0 aromatic heterocycles. The lowest BCUT2D eigenvalue weighted by atomic mass is 9.97. The highest BCUT2D eigenvalue weighted by Crippen LogP contribution is 2.24. The van der Waals surface area contributed by atoms with Crippen LogP contribution in [0.4, 0.5) is 0 Å². The van der Waals surface area contributed by atoms with Crippen molar-refractivity contribution in [2.75, 3.05) is 6.54 Å². The van der Waals surface area contributed by atoms with Crippen molar-refractivity contribution in [2.24, 2.45) is 5.92 Å². The molecule has 1 heterocycles. The zero-order valence-electron chi connectivity index (χ0n) is 13.4. The largest absolute Gasteiger partial charge is 0.282 e. The lowest BCUT2D eigenvalue weighted by Crippen LogP contribution is -2.33. The van der Waals surface area contributed by atoms with E-state index in [0.717, 1.165) is 17.5 Å². The van der Waals surface area contributed by atoms with E-state index < -0.39 is 0 Å². The van der Waals surface area contributed by atoms with Gasteiger partial charge in [0.1, 0.15) is 0 Å². The van der Waals surface area contributed by atoms with Crippen LogP contribution < -0.4 is 0 Å². The van der Waals surface area contributed by atoms with Crippen LogP contribution in [0.25, 0.3) is 0 Å². The molecule has 3 rings (SSSR count). The number of carbonyl (C=O) groups is 2. The number of carbonyl (C=O) groups excluding carboxylic acids is 2. The van der Waals surface area contributed by atoms with Gasteiger partial charge in [0, 0.05) is 13.0 Å². The zero-order chi connectivity index (χ0) is 16.2. The molecule has 23 heavy (non-hydrogen) atoms. The number of hydrogen-bond acceptors (Lipinski definition) is 2. The van der Waals surface area contributed by atoms with Crippen molar-refractivity contribution >= 4 is 11.8 Å². The van der Waals surface area contributed by atoms with E-state index in [0.29, 0.717) is 19.4 Å². The molecule has 0 N–H and O–H groups in total. The van der Waals surface area contributed by atoms with Gasteiger partial charge in [0.15, 0.2) is 0 Å². The van der Waals surface area contributed by atoms with Crippen molar-refractivity contribution in [1.82, 2.24) is 4.90 Å². The Kier molecular flexibility index (Phi) is 4.56. The van der Waals surface area contributed by atoms with Crippen molar-refractivity contribution in [2.45, 2.75) is 26.2 Å². The summed E-state index contributed by atoms with van der Waals surface area (Å²) in [5.41, 5.74) is 3.47. The van der Waals surface area contributed by atoms with Crippen molar-refractivity contribution in [1.29, 1.82) is 0 Å². The number of benzene rings is 2. The second kappa shape index (κ2) is 6.78. The van der Waals surface area contributed by atoms with E-state index in [4.69, 9.17) is 0 Å². The van der Waals surface area contributed by atoms with Gasteiger partial charge in [-0.2, -0.15) is 0 Å². The lowest BCUT2D eigenvalue weighted by molar-refractivity contribution is -0.139. The number of nitrogens with zero attached hydrogens (tertiary/aromatic N) is 1. The third-order valence-electron chi connectivity index (χ3n) is 4.41. The van der Waals surface area contributed by atoms with Crippen molar-refractivity contribution in [3.05, 3.63) is 71.3 Å². The van der Waals surface area contributed by atoms with Crippen LogP contribution in [-0.4, -0.2) is 23.3 Å². The Morgan fingerprint density at radius 2 is 1.65 bits per heavy atom. The van der Waals surface area contributed by atoms with Gasteiger partial charge >= 0.3 is 0 Å². The van der Waals surface area contributed by atoms with Crippen LogP contribution in [0.5, 0.6) is 0 Å². The van der Waals surface area contributed by atoms with Crippen LogP contribution in [0, 0.1) is 12.8 Å². The van der Waals surface area contributed by atoms with Crippen LogP contribution in [-0.2, 0) is 22.4 Å². The van der Waals surface area contributed by atoms with E-state index in [-0.39, 0.29) is 17.7 Å². The summed E-state index contributed by atoms with van der Waals surface area (Å²) in [6.45, 7) is 2.52. The number of amides is 2. The SMILES string of the molecule is Cc1ccc(C[C@H]2CC(=O)N(CCc3ccccc3)C2=O)cc1. The molecule has 0 spiro atoms. The Balaban J connectivity index is 1.61. The Bertz CT molecular complexity index is 691. The van der Waals surface area contributed by atoms with Crippen molar-refractivity contribution < 1.29 is 9.59 Å². The standard InChI is InChI=1S/C20H21NO2/c1-15-7-9-17(10-8-15)13-18-14-19(22)21(20(18)23)12-11-16-5-3-2-4-6-16/h2-10,18H,11-14H2,1H3/t18-/m0/s1. The maximum atomic E-state index is 12.5. The molecule has 0 bridgehead atoms. The molecule has 2 amide bonds. The molecular weight excluding hydrogens is 286 g/mol. The summed E-state index contributed by atoms with van der Waals surface area (Å²) < 4.78 is 0. The number of hydrogen-bond donors (Lipinski definition) is 0. The molecule has 3 heteroatoms. The summed E-state index contributed by atoms with van der Waals surface area (Å²) >= 11 is 0. The summed E-state index contributed by atoms with van der Waals surface area (Å²) in [5, 5.41) is 0. The van der Waals surface area contributed by atoms with Crippen LogP contribution in [0.2, 0.25) is 0 Å². The van der Waals surface area contributed by atoms with Gasteiger partial charge in [0.2, 0.25) is 11.8 Å². The molecule has 3 nitrogen and oxygen atoms in total. The molecule has 0 radical (unpaired) electrons. The van der Waals surface area contributed by atoms with Gasteiger partial charge in [-0.1, -0.05) is 60.2 Å². The van der Waals surface area contributed by atoms with E-state index in [9.17, 15) is 9.59 Å². The Morgan fingerprint density at radius 3 is 2.35 bits per heavy atom. The predicted molar refractivity (Wildman–Crippen MR) is 89.9 cm³/mol. The van der Waals surface area contributed by atoms with Gasteiger partial charge in [-0.25, -0.2) is 0 Å². The summed E-state index contributed by atoms with van der Waals surface area (Å²) in [6, 6.07) is 18.1. The fourth-order valence-corrected chi connectivity index (χ4v) is 3.04. The molecule has 1 aliphatic heterocycles. The molecule has 0 aliphatic carbocycles. The van der Waals surface area contributed by atoms with Gasteiger partial charge < -0.3 is 0 Å². The highest BCUT2D eigenvalue weighted by atomic mass is 16.2. The van der Waals surface area contributed by atoms with Gasteiger partial charge in [-0.05, 0) is 30.9 Å². The fraction of sp³-hybridized carbons (Fsp3) is 0.300. The summed E-state index contributed by atoms with van der Waals surface area (Å²) in [4.78, 5) is 26.1. The third kappa shape index (κ3) is 3.67. The van der Waals surface area contributed by atoms with Crippen molar-refractivity contribution in [3.8, 4) is 0 Å². The molecule has 1 aliphatic rings. The molecule has 0 unspecified atom stereocenters. The first-order valence-corrected chi connectivity index (χ1v) is 8.07. The number of imide groups is 1. The minimum absolute atomic E-state index is 0.0218. The molecule has 1 atom stereocenters. The highest BCUT2D eigenvalue weighted by Gasteiger charge is 2.37. The lowest BCUT2D eigenvalue weighted by Gasteiger charge is -2.15. The first kappa shape index (κ1) is 15.5. The average Bonchev–Trinajstić information content (AvgIpc) is 2.82. The van der Waals surface area contributed by atoms with Crippen LogP contribution in [0.15, 0.2) is 54.6 Å². The summed E-state index contributed by atoms with van der Waals surface area (Å²) in [6.07, 6.45) is 1.70. The first-order chi connectivity index (χ1) is 11.1. The second-order valence-corrected chi connectivity index (χ2v) is 6.21. The van der Waals surface area contributed by atoms with E-state index >= 15 is 0 Å². The van der Waals surface area contributed by atoms with Crippen LogP contribution >= 0.6 is 0 Å². The molecule has 2 aromatic carbocycles. The molecule has 1 fully saturated rings. The first-order valence-electron chi connectivity index (χ1n) is 8.07. The van der Waals surface area contributed by atoms with E-state index in [1.54, 1.807) is 0 Å². The summed E-state index contributed by atoms with van der Waals surface area (Å²) in [7, 11) is 0. The topological polar surface area (TPSA) is 37.4 Å². The van der Waals surface area contributed by atoms with E-state index in [1.165, 1.54) is 10.5 Å². The molecule has 118 valence electrons. The quantitative estimate of drug-likeness (QED) is 0.796. The monoisotopic (exact) mass is 307 g/mol. The Labute approximate surface area is 136 Å². The molecule has 1 saturated heterocycles. The zero-order valence-corrected chi connectivity index (χ0v) is 13.4. The van der Waals surface area contributed by atoms with Crippen molar-refractivity contribution in [3.63, 3.8) is 0 Å². The fourth-order valence-electron chi connectivity index (χ4n) is 3.04. The van der Waals surface area contributed by atoms with Gasteiger partial charge in [0.05, 0.1) is 5.92 Å². The van der Waals surface area contributed by atoms with Crippen LogP contribution in [0.3, 0.4) is 0 Å². The minimum atomic E-state index is -0.207. The third-order valence-corrected chi connectivity index (χ3v) is 4.41. The maximum Gasteiger partial charge on any atom is 0.233 e. The number of rotatable bonds is 5. The van der Waals surface area contributed by atoms with E-state index in [2.05, 4.69) is 0 Å². The Hall–Kier alpha value is -2.42. The van der Waals surface area contributed by atoms with Crippen LogP contribution in [0.1, 0.15) is 23.1 Å². The van der Waals surface area contributed by atoms with E-state index in [1.807, 2.05) is 61.5 Å². The number of aryl methyl sites for hydroxylation is 1. The average molecular weight is 307 g/mol. The smallest absolute Gasteiger partial charge is 0.233 e. The second-order valence-electron chi connectivity index (χ2n) is 6.21. The molecule has 2 aromatic rings. The Morgan fingerprint density at radius 1 is 0.957 bits per heavy atom. The maximum absolute atomic E-state index is 12.5. The molecule has 0 saturated carbocycles.